The Balaban J connectivity index is 1.26. The van der Waals surface area contributed by atoms with E-state index in [-0.39, 0.29) is 0 Å². The van der Waals surface area contributed by atoms with Crippen LogP contribution in [0.15, 0.2) is 188 Å². The van der Waals surface area contributed by atoms with Gasteiger partial charge in [0.1, 0.15) is 0 Å². The van der Waals surface area contributed by atoms with Crippen LogP contribution in [0.2, 0.25) is 0 Å². The van der Waals surface area contributed by atoms with Crippen molar-refractivity contribution in [2.75, 3.05) is 0 Å². The Morgan fingerprint density at radius 2 is 0.521 bits per heavy atom. The molecular formula is C45H31N3. The third-order valence-corrected chi connectivity index (χ3v) is 8.52. The maximum atomic E-state index is 4.98. The Morgan fingerprint density at radius 3 is 1.00 bits per heavy atom. The molecule has 0 spiro atoms. The van der Waals surface area contributed by atoms with Gasteiger partial charge in [0.2, 0.25) is 0 Å². The van der Waals surface area contributed by atoms with Crippen LogP contribution in [-0.2, 0) is 0 Å². The first-order valence-electron chi connectivity index (χ1n) is 16.1. The molecule has 0 fully saturated rings. The van der Waals surface area contributed by atoms with E-state index in [1.54, 1.807) is 0 Å². The van der Waals surface area contributed by atoms with E-state index in [1.165, 1.54) is 22.3 Å². The van der Waals surface area contributed by atoms with Crippen molar-refractivity contribution in [2.24, 2.45) is 0 Å². The highest BCUT2D eigenvalue weighted by Gasteiger charge is 2.15. The van der Waals surface area contributed by atoms with Crippen molar-refractivity contribution in [3.05, 3.63) is 188 Å². The molecule has 1 heterocycles. The lowest BCUT2D eigenvalue weighted by Crippen LogP contribution is -2.00. The Morgan fingerprint density at radius 1 is 0.208 bits per heavy atom. The summed E-state index contributed by atoms with van der Waals surface area (Å²) in [6.07, 6.45) is 0. The smallest absolute Gasteiger partial charge is 0.164 e. The summed E-state index contributed by atoms with van der Waals surface area (Å²) < 4.78 is 0. The van der Waals surface area contributed by atoms with Gasteiger partial charge >= 0.3 is 0 Å². The molecule has 0 saturated heterocycles. The van der Waals surface area contributed by atoms with Crippen LogP contribution in [0.25, 0.3) is 78.7 Å². The van der Waals surface area contributed by atoms with E-state index >= 15 is 0 Å². The van der Waals surface area contributed by atoms with Gasteiger partial charge in [0.25, 0.3) is 0 Å². The molecule has 0 aliphatic carbocycles. The first-order chi connectivity index (χ1) is 23.8. The summed E-state index contributed by atoms with van der Waals surface area (Å²) in [6, 6.07) is 65.4. The fourth-order valence-electron chi connectivity index (χ4n) is 6.13. The van der Waals surface area contributed by atoms with Crippen molar-refractivity contribution in [1.82, 2.24) is 15.0 Å². The van der Waals surface area contributed by atoms with Gasteiger partial charge in [0.15, 0.2) is 17.5 Å². The van der Waals surface area contributed by atoms with Crippen molar-refractivity contribution in [3.63, 3.8) is 0 Å². The third kappa shape index (κ3) is 6.05. The predicted octanol–water partition coefficient (Wildman–Crippen LogP) is 11.5. The summed E-state index contributed by atoms with van der Waals surface area (Å²) in [7, 11) is 0. The molecule has 0 radical (unpaired) electrons. The van der Waals surface area contributed by atoms with Gasteiger partial charge in [-0.3, -0.25) is 0 Å². The van der Waals surface area contributed by atoms with Crippen LogP contribution in [-0.4, -0.2) is 15.0 Å². The zero-order valence-electron chi connectivity index (χ0n) is 26.2. The molecule has 0 N–H and O–H groups in total. The topological polar surface area (TPSA) is 38.7 Å². The number of nitrogens with zero attached hydrogens (tertiary/aromatic N) is 3. The van der Waals surface area contributed by atoms with Crippen LogP contribution in [0.3, 0.4) is 0 Å². The van der Waals surface area contributed by atoms with Crippen molar-refractivity contribution < 1.29 is 0 Å². The fourth-order valence-corrected chi connectivity index (χ4v) is 6.13. The first kappa shape index (κ1) is 29.0. The number of rotatable bonds is 7. The standard InChI is InChI=1S/C45H31N3/c1-5-16-32(17-6-1)38-29-39(33-18-7-2-8-19-33)31-40(30-38)42-27-14-13-26-41(42)36-24-15-25-37(28-36)45-47-43(34-20-9-3-10-21-34)46-44(48-45)35-22-11-4-12-23-35/h1-31H. The first-order valence-corrected chi connectivity index (χ1v) is 16.1. The maximum Gasteiger partial charge on any atom is 0.164 e. The van der Waals surface area contributed by atoms with Crippen LogP contribution < -0.4 is 0 Å². The SMILES string of the molecule is c1ccc(-c2cc(-c3ccccc3)cc(-c3ccccc3-c3cccc(-c4nc(-c5ccccc5)nc(-c5ccccc5)n4)c3)c2)cc1. The number of hydrogen-bond donors (Lipinski definition) is 0. The maximum absolute atomic E-state index is 4.98. The van der Waals surface area contributed by atoms with Gasteiger partial charge < -0.3 is 0 Å². The molecule has 0 aliphatic heterocycles. The summed E-state index contributed by atoms with van der Waals surface area (Å²) in [4.78, 5) is 14.8. The predicted molar refractivity (Wildman–Crippen MR) is 198 cm³/mol. The van der Waals surface area contributed by atoms with E-state index in [0.717, 1.165) is 38.9 Å². The zero-order valence-corrected chi connectivity index (χ0v) is 26.2. The molecule has 0 unspecified atom stereocenters. The Bertz CT molecular complexity index is 2200. The van der Waals surface area contributed by atoms with E-state index in [4.69, 9.17) is 15.0 Å². The minimum Gasteiger partial charge on any atom is -0.208 e. The number of hydrogen-bond acceptors (Lipinski definition) is 3. The molecule has 226 valence electrons. The average molecular weight is 614 g/mol. The lowest BCUT2D eigenvalue weighted by molar-refractivity contribution is 1.07. The molecule has 3 heteroatoms. The lowest BCUT2D eigenvalue weighted by atomic mass is 9.89. The largest absolute Gasteiger partial charge is 0.208 e. The van der Waals surface area contributed by atoms with Crippen molar-refractivity contribution in [1.29, 1.82) is 0 Å². The normalized spacial score (nSPS) is 10.9. The highest BCUT2D eigenvalue weighted by Crippen LogP contribution is 2.38. The van der Waals surface area contributed by atoms with E-state index in [9.17, 15) is 0 Å². The summed E-state index contributed by atoms with van der Waals surface area (Å²) >= 11 is 0. The summed E-state index contributed by atoms with van der Waals surface area (Å²) in [6.45, 7) is 0. The molecule has 0 aliphatic rings. The third-order valence-electron chi connectivity index (χ3n) is 8.52. The van der Waals surface area contributed by atoms with Crippen molar-refractivity contribution in [3.8, 4) is 78.7 Å². The zero-order chi connectivity index (χ0) is 32.1. The number of benzene rings is 7. The van der Waals surface area contributed by atoms with Crippen LogP contribution in [0.4, 0.5) is 0 Å². The molecule has 48 heavy (non-hydrogen) atoms. The molecule has 8 rings (SSSR count). The van der Waals surface area contributed by atoms with Gasteiger partial charge in [0.05, 0.1) is 0 Å². The van der Waals surface area contributed by atoms with Gasteiger partial charge in [-0.1, -0.05) is 164 Å². The molecule has 0 bridgehead atoms. The minimum atomic E-state index is 0.638. The Labute approximate surface area is 280 Å². The van der Waals surface area contributed by atoms with Crippen LogP contribution in [0, 0.1) is 0 Å². The fraction of sp³-hybridized carbons (Fsp3) is 0. The molecular weight excluding hydrogens is 583 g/mol. The summed E-state index contributed by atoms with van der Waals surface area (Å²) in [5.41, 5.74) is 12.1. The van der Waals surface area contributed by atoms with Gasteiger partial charge in [-0.15, -0.1) is 0 Å². The van der Waals surface area contributed by atoms with Crippen molar-refractivity contribution in [2.45, 2.75) is 0 Å². The van der Waals surface area contributed by atoms with E-state index in [2.05, 4.69) is 127 Å². The highest BCUT2D eigenvalue weighted by atomic mass is 15.0. The number of aromatic nitrogens is 3. The Kier molecular flexibility index (Phi) is 7.92. The Hall–Kier alpha value is -6.45. The van der Waals surface area contributed by atoms with Gasteiger partial charge in [-0.05, 0) is 68.8 Å². The molecule has 8 aromatic rings. The van der Waals surface area contributed by atoms with Gasteiger partial charge in [-0.25, -0.2) is 15.0 Å². The van der Waals surface area contributed by atoms with Crippen LogP contribution in [0.5, 0.6) is 0 Å². The molecule has 7 aromatic carbocycles. The van der Waals surface area contributed by atoms with Crippen LogP contribution >= 0.6 is 0 Å². The molecule has 0 saturated carbocycles. The van der Waals surface area contributed by atoms with Crippen molar-refractivity contribution >= 4 is 0 Å². The lowest BCUT2D eigenvalue weighted by Gasteiger charge is -2.15. The van der Waals surface area contributed by atoms with Gasteiger partial charge in [-0.2, -0.15) is 0 Å². The highest BCUT2D eigenvalue weighted by molar-refractivity contribution is 5.89. The summed E-state index contributed by atoms with van der Waals surface area (Å²) in [5.74, 6) is 1.94. The van der Waals surface area contributed by atoms with Crippen LogP contribution in [0.1, 0.15) is 0 Å². The van der Waals surface area contributed by atoms with E-state index in [1.807, 2.05) is 60.7 Å². The van der Waals surface area contributed by atoms with E-state index < -0.39 is 0 Å². The van der Waals surface area contributed by atoms with E-state index in [0.29, 0.717) is 17.5 Å². The average Bonchev–Trinajstić information content (AvgIpc) is 3.19. The quantitative estimate of drug-likeness (QED) is 0.179. The second-order valence-electron chi connectivity index (χ2n) is 11.7. The minimum absolute atomic E-state index is 0.638. The second-order valence-corrected chi connectivity index (χ2v) is 11.7. The summed E-state index contributed by atoms with van der Waals surface area (Å²) in [5, 5.41) is 0. The molecule has 0 amide bonds. The molecule has 1 aromatic heterocycles. The van der Waals surface area contributed by atoms with Gasteiger partial charge in [0, 0.05) is 16.7 Å². The molecule has 3 nitrogen and oxygen atoms in total. The molecule has 0 atom stereocenters. The second kappa shape index (κ2) is 13.1. The monoisotopic (exact) mass is 613 g/mol.